The predicted molar refractivity (Wildman–Crippen MR) is 466 cm³/mol. The molecule has 1 unspecified atom stereocenters. The van der Waals surface area contributed by atoms with Crippen LogP contribution in [0.25, 0.3) is 0 Å². The van der Waals surface area contributed by atoms with Crippen LogP contribution < -0.4 is 39.0 Å². The summed E-state index contributed by atoms with van der Waals surface area (Å²) >= 11 is 7.58. The maximum Gasteiger partial charge on any atom is 0.353 e. The summed E-state index contributed by atoms with van der Waals surface area (Å²) in [5.41, 5.74) is 20.3. The van der Waals surface area contributed by atoms with E-state index in [2.05, 4.69) is 256 Å². The number of nitrogen functional groups attached to an aromatic ring is 3. The second-order valence-corrected chi connectivity index (χ2v) is 66.3. The molecule has 0 radical (unpaired) electrons. The van der Waals surface area contributed by atoms with Crippen LogP contribution in [-0.2, 0) is 44.7 Å². The Labute approximate surface area is 681 Å². The van der Waals surface area contributed by atoms with Crippen molar-refractivity contribution in [3.05, 3.63) is 80.3 Å². The van der Waals surface area contributed by atoms with Gasteiger partial charge in [-0.3, -0.25) is 14.1 Å². The van der Waals surface area contributed by atoms with Crippen LogP contribution in [0.3, 0.4) is 0 Å². The van der Waals surface area contributed by atoms with Gasteiger partial charge in [0, 0.05) is 18.6 Å². The molecule has 1 aromatic carbocycles. The van der Waals surface area contributed by atoms with E-state index >= 15 is 0 Å². The minimum atomic E-state index is -2.64. The Kier molecular flexibility index (Phi) is 35.6. The molecule has 9 heterocycles. The number of ether oxygens (including phenoxy) is 1. The maximum atomic E-state index is 12.4. The summed E-state index contributed by atoms with van der Waals surface area (Å²) in [4.78, 5) is 59.6. The standard InChI is InChI=1S/C32H58O4S2Si2.2C20H38N4O4SSi2.C3H4N4O/c1-10-11-12-13-14-15-20-33-29-18-16-28(17-19-29)23-37-32-21-30-31(38-32)22-34-39(24(2)3,25(4)5)36-40(35-30,26(6)7)27(8)9;2*1-12(2)30(13(3)4)26-10-17-16(27-31(28-30,14(5)6)15(7)8)9-18(29-17)24-11-22-19(21)23-20(24)25;4-2-5-1-6-3(8)7-2/h16-19,24-27,30-32H,10-15,20-23H2,1-9H3;2*11-18H,9-10H2,1-8H3,(H2,21,23,25);1H,(H3,4,5,6,7,8)/t30-,31+,32?;16-,17+,18+;16-,17+,18-;/m000./s1. The summed E-state index contributed by atoms with van der Waals surface area (Å²) in [5.74, 6) is 2.09. The zero-order chi connectivity index (χ0) is 81.6. The summed E-state index contributed by atoms with van der Waals surface area (Å²) in [6.45, 7) is 59.0. The van der Waals surface area contributed by atoms with Gasteiger partial charge < -0.3 is 60.8 Å². The first kappa shape index (κ1) is 94.3. The van der Waals surface area contributed by atoms with Crippen molar-refractivity contribution in [3.63, 3.8) is 0 Å². The molecule has 624 valence electrons. The molecule has 0 aliphatic carbocycles. The van der Waals surface area contributed by atoms with Gasteiger partial charge in [-0.1, -0.05) is 217 Å². The van der Waals surface area contributed by atoms with Crippen molar-refractivity contribution >= 4 is 116 Å². The number of hydrogen-bond acceptors (Lipinski definition) is 26. The third-order valence-corrected chi connectivity index (χ3v) is 59.4. The van der Waals surface area contributed by atoms with E-state index in [1.54, 1.807) is 32.7 Å². The fourth-order valence-corrected chi connectivity index (χ4v) is 56.6. The molecule has 6 aliphatic heterocycles. The van der Waals surface area contributed by atoms with Crippen LogP contribution in [0.2, 0.25) is 66.5 Å². The molecule has 6 fully saturated rings. The number of nitrogens with one attached hydrogen (secondary N) is 1. The third kappa shape index (κ3) is 22.7. The first-order chi connectivity index (χ1) is 51.7. The second kappa shape index (κ2) is 41.5. The van der Waals surface area contributed by atoms with E-state index in [4.69, 9.17) is 60.8 Å². The normalized spacial score (nSPS) is 25.4. The molecule has 0 saturated carbocycles. The number of fused-ring (bicyclic) bond motifs is 3. The lowest BCUT2D eigenvalue weighted by Gasteiger charge is -2.51. The molecule has 6 saturated heterocycles. The number of aromatic nitrogens is 9. The van der Waals surface area contributed by atoms with Crippen molar-refractivity contribution in [1.82, 2.24) is 44.0 Å². The summed E-state index contributed by atoms with van der Waals surface area (Å²) < 4.78 is 73.4. The zero-order valence-corrected chi connectivity index (χ0v) is 80.1. The van der Waals surface area contributed by atoms with Gasteiger partial charge in [0.25, 0.3) is 0 Å². The number of hydrogen-bond donors (Lipinski definition) is 4. The minimum absolute atomic E-state index is 0.000984. The van der Waals surface area contributed by atoms with Gasteiger partial charge >= 0.3 is 68.4 Å². The number of nitrogens with two attached hydrogens (primary N) is 3. The summed E-state index contributed by atoms with van der Waals surface area (Å²) in [5, 5.41) is 0.432. The highest BCUT2D eigenvalue weighted by atomic mass is 32.2. The summed E-state index contributed by atoms with van der Waals surface area (Å²) in [6.07, 6.45) is 14.4. The highest BCUT2D eigenvalue weighted by molar-refractivity contribution is 8.17. The number of aromatic amines is 1. The largest absolute Gasteiger partial charge is 0.494 e. The van der Waals surface area contributed by atoms with Gasteiger partial charge in [-0.15, -0.1) is 47.0 Å². The molecule has 110 heavy (non-hydrogen) atoms. The Balaban J connectivity index is 0.000000220. The van der Waals surface area contributed by atoms with Gasteiger partial charge in [0.2, 0.25) is 17.8 Å². The molecule has 35 heteroatoms. The molecule has 6 aliphatic rings. The molecule has 9 atom stereocenters. The summed E-state index contributed by atoms with van der Waals surface area (Å²) in [6, 6.07) is 8.76. The lowest BCUT2D eigenvalue weighted by atomic mass is 10.1. The monoisotopic (exact) mass is 1710 g/mol. The fourth-order valence-electron chi connectivity index (χ4n) is 16.2. The van der Waals surface area contributed by atoms with Crippen LogP contribution in [-0.4, -0.2) is 160 Å². The second-order valence-electron chi connectivity index (χ2n) is 34.0. The molecule has 0 bridgehead atoms. The van der Waals surface area contributed by atoms with E-state index in [0.29, 0.717) is 80.2 Å². The molecular weight excluding hydrogens is 1570 g/mol. The van der Waals surface area contributed by atoms with Crippen molar-refractivity contribution < 1.29 is 43.6 Å². The van der Waals surface area contributed by atoms with Gasteiger partial charge in [-0.2, -0.15) is 15.0 Å². The van der Waals surface area contributed by atoms with Crippen LogP contribution in [0.15, 0.2) is 57.6 Å². The van der Waals surface area contributed by atoms with Crippen LogP contribution in [0.5, 0.6) is 5.75 Å². The van der Waals surface area contributed by atoms with E-state index in [9.17, 15) is 14.4 Å². The van der Waals surface area contributed by atoms with Crippen molar-refractivity contribution in [2.24, 2.45) is 0 Å². The molecule has 3 aromatic heterocycles. The third-order valence-electron chi connectivity index (χ3n) is 22.4. The number of rotatable bonds is 25. The number of anilines is 3. The molecule has 25 nitrogen and oxygen atoms in total. The molecule has 0 spiro atoms. The Bertz CT molecular complexity index is 3480. The van der Waals surface area contributed by atoms with E-state index < -0.39 is 57.1 Å². The van der Waals surface area contributed by atoms with Gasteiger partial charge in [0.15, 0.2) is 0 Å². The maximum absolute atomic E-state index is 12.4. The van der Waals surface area contributed by atoms with Crippen molar-refractivity contribution in [2.45, 2.75) is 353 Å². The Morgan fingerprint density at radius 3 is 1.16 bits per heavy atom. The molecule has 7 N–H and O–H groups in total. The number of unbranched alkanes of at least 4 members (excludes halogenated alkanes) is 5. The SMILES string of the molecule is CC(C)[Si]1(C(C)C)OC[C@H]2S[C@@H](n3cnc(N)nc3=O)C[C@@H]2O[Si](C(C)C)(C(C)C)O1.CC(C)[Si]1(C(C)C)OC[C@H]2S[C@H](n3cnc(N)nc3=O)C[C@@H]2O[Si](C(C)C)(C(C)C)O1.CCCCCCCCOc1ccc(CSC2C[C@@H]3O[Si](C(C)C)(C(C)C)O[Si](C(C)C)(C(C)C)OC[C@H]3S2)cc1.Nc1ncnc(=O)[nH]1. The molecule has 0 amide bonds. The van der Waals surface area contributed by atoms with Crippen molar-refractivity contribution in [2.75, 3.05) is 43.6 Å². The average Bonchev–Trinajstić information content (AvgIpc) is 1.36. The number of H-pyrrole nitrogens is 1. The highest BCUT2D eigenvalue weighted by Crippen LogP contribution is 2.56. The Morgan fingerprint density at radius 2 is 0.827 bits per heavy atom. The van der Waals surface area contributed by atoms with Crippen LogP contribution in [0, 0.1) is 0 Å². The van der Waals surface area contributed by atoms with E-state index in [1.807, 2.05) is 0 Å². The van der Waals surface area contributed by atoms with Gasteiger partial charge in [-0.25, -0.2) is 29.3 Å². The lowest BCUT2D eigenvalue weighted by molar-refractivity contribution is 0.0700. The quantitative estimate of drug-likeness (QED) is 0.0354. The van der Waals surface area contributed by atoms with Gasteiger partial charge in [0.1, 0.15) is 24.7 Å². The Morgan fingerprint density at radius 1 is 0.473 bits per heavy atom. The number of nitrogens with zero attached hydrogens (tertiary/aromatic N) is 8. The molecule has 10 rings (SSSR count). The topological polar surface area (TPSA) is 325 Å². The fraction of sp³-hybridized carbons (Fsp3) is 0.800. The number of thioether (sulfide) groups is 4. The van der Waals surface area contributed by atoms with E-state index in [-0.39, 0.29) is 90.9 Å². The smallest absolute Gasteiger partial charge is 0.353 e. The van der Waals surface area contributed by atoms with Crippen molar-refractivity contribution in [3.8, 4) is 5.75 Å². The predicted octanol–water partition coefficient (Wildman–Crippen LogP) is 17.6. The van der Waals surface area contributed by atoms with Crippen LogP contribution in [0.4, 0.5) is 17.8 Å². The van der Waals surface area contributed by atoms with Gasteiger partial charge in [-0.05, 0) is 97.0 Å². The van der Waals surface area contributed by atoms with Crippen LogP contribution in [0.1, 0.15) is 247 Å². The first-order valence-corrected chi connectivity index (χ1v) is 56.3. The molecule has 4 aromatic rings. The van der Waals surface area contributed by atoms with Gasteiger partial charge in [0.05, 0.1) is 75.8 Å². The highest BCUT2D eigenvalue weighted by Gasteiger charge is 2.64. The minimum Gasteiger partial charge on any atom is -0.494 e. The Hall–Kier alpha value is -2.81. The first-order valence-electron chi connectivity index (χ1n) is 40.6. The van der Waals surface area contributed by atoms with Crippen LogP contribution >= 0.6 is 47.0 Å². The molecular formula is C75H138N12O13S4Si6. The summed E-state index contributed by atoms with van der Waals surface area (Å²) in [7, 11) is -15.3. The van der Waals surface area contributed by atoms with E-state index in [1.165, 1.54) is 50.3 Å². The van der Waals surface area contributed by atoms with E-state index in [0.717, 1.165) is 43.9 Å². The average molecular weight is 1710 g/mol. The number of benzene rings is 1. The lowest BCUT2D eigenvalue weighted by Crippen LogP contribution is -2.64. The van der Waals surface area contributed by atoms with Crippen molar-refractivity contribution in [1.29, 1.82) is 0 Å². The zero-order valence-electron chi connectivity index (χ0n) is 70.8.